The van der Waals surface area contributed by atoms with Gasteiger partial charge in [-0.25, -0.2) is 0 Å². The number of thiophene rings is 1. The van der Waals surface area contributed by atoms with Gasteiger partial charge in [0.25, 0.3) is 0 Å². The molecule has 1 unspecified atom stereocenters. The lowest BCUT2D eigenvalue weighted by atomic mass is 10.1. The van der Waals surface area contributed by atoms with Gasteiger partial charge in [0.15, 0.2) is 5.96 Å². The average molecular weight is 356 g/mol. The number of hydrogen-bond acceptors (Lipinski definition) is 3. The van der Waals surface area contributed by atoms with Crippen LogP contribution in [0.25, 0.3) is 0 Å². The van der Waals surface area contributed by atoms with E-state index >= 15 is 0 Å². The Morgan fingerprint density at radius 1 is 1.28 bits per heavy atom. The zero-order chi connectivity index (χ0) is 17.9. The maximum absolute atomic E-state index is 5.38. The first-order chi connectivity index (χ1) is 12.2. The Hall–Kier alpha value is -2.45. The van der Waals surface area contributed by atoms with Gasteiger partial charge in [0.05, 0.1) is 0 Å². The molecule has 1 heterocycles. The molecule has 2 rings (SSSR count). The van der Waals surface area contributed by atoms with Crippen molar-refractivity contribution in [3.63, 3.8) is 0 Å². The molecule has 0 aliphatic rings. The van der Waals surface area contributed by atoms with Crippen molar-refractivity contribution in [3.05, 3.63) is 52.2 Å². The van der Waals surface area contributed by atoms with E-state index < -0.39 is 0 Å². The van der Waals surface area contributed by atoms with E-state index in [1.807, 2.05) is 12.1 Å². The highest BCUT2D eigenvalue weighted by atomic mass is 32.1. The minimum absolute atomic E-state index is 0.298. The minimum atomic E-state index is 0.298. The van der Waals surface area contributed by atoms with Crippen molar-refractivity contribution < 1.29 is 4.74 Å². The van der Waals surface area contributed by atoms with Gasteiger partial charge in [-0.05, 0) is 52.4 Å². The van der Waals surface area contributed by atoms with Crippen LogP contribution in [-0.2, 0) is 6.42 Å². The van der Waals surface area contributed by atoms with Crippen LogP contribution in [0.1, 0.15) is 24.0 Å². The van der Waals surface area contributed by atoms with Crippen LogP contribution in [0.3, 0.4) is 0 Å². The Morgan fingerprint density at radius 2 is 2.08 bits per heavy atom. The van der Waals surface area contributed by atoms with Crippen molar-refractivity contribution in [3.8, 4) is 18.1 Å². The molecule has 2 aromatic rings. The van der Waals surface area contributed by atoms with Crippen LogP contribution in [0.5, 0.6) is 5.75 Å². The third kappa shape index (κ3) is 6.52. The highest BCUT2D eigenvalue weighted by molar-refractivity contribution is 7.07. The van der Waals surface area contributed by atoms with E-state index in [-0.39, 0.29) is 0 Å². The number of aliphatic imine (C=N–C) groups is 1. The van der Waals surface area contributed by atoms with Crippen LogP contribution in [-0.4, -0.2) is 32.7 Å². The van der Waals surface area contributed by atoms with Crippen molar-refractivity contribution in [2.75, 3.05) is 26.7 Å². The molecule has 0 spiro atoms. The number of guanidine groups is 1. The summed E-state index contributed by atoms with van der Waals surface area (Å²) in [7, 11) is 1.79. The van der Waals surface area contributed by atoms with E-state index in [1.54, 1.807) is 18.4 Å². The summed E-state index contributed by atoms with van der Waals surface area (Å²) in [5.74, 6) is 4.55. The van der Waals surface area contributed by atoms with Gasteiger partial charge in [-0.1, -0.05) is 25.0 Å². The third-order valence-electron chi connectivity index (χ3n) is 3.86. The summed E-state index contributed by atoms with van der Waals surface area (Å²) < 4.78 is 5.38. The number of benzene rings is 1. The highest BCUT2D eigenvalue weighted by Gasteiger charge is 2.06. The Balaban J connectivity index is 1.71. The lowest BCUT2D eigenvalue weighted by Crippen LogP contribution is -2.39. The summed E-state index contributed by atoms with van der Waals surface area (Å²) in [6.45, 7) is 4.19. The van der Waals surface area contributed by atoms with Crippen molar-refractivity contribution >= 4 is 17.3 Å². The molecule has 132 valence electrons. The highest BCUT2D eigenvalue weighted by Crippen LogP contribution is 2.17. The SMILES string of the molecule is C#CCOc1ccc(CCNC(=NC)NCC(C)c2ccsc2)cc1. The molecule has 0 radical (unpaired) electrons. The van der Waals surface area contributed by atoms with Crippen LogP contribution in [0, 0.1) is 12.3 Å². The van der Waals surface area contributed by atoms with Crippen molar-refractivity contribution in [2.24, 2.45) is 4.99 Å². The number of ether oxygens (including phenoxy) is 1. The van der Waals surface area contributed by atoms with Gasteiger partial charge in [0.2, 0.25) is 0 Å². The standard InChI is InChI=1S/C20H25N3OS/c1-4-12-24-19-7-5-17(6-8-19)9-11-22-20(21-3)23-14-16(2)18-10-13-25-15-18/h1,5-8,10,13,15-16H,9,11-12,14H2,2-3H3,(H2,21,22,23). The predicted molar refractivity (Wildman–Crippen MR) is 107 cm³/mol. The minimum Gasteiger partial charge on any atom is -0.481 e. The van der Waals surface area contributed by atoms with Crippen molar-refractivity contribution in [2.45, 2.75) is 19.3 Å². The fraction of sp³-hybridized carbons (Fsp3) is 0.350. The normalized spacial score (nSPS) is 12.3. The summed E-state index contributed by atoms with van der Waals surface area (Å²) in [5, 5.41) is 11.0. The molecule has 4 nitrogen and oxygen atoms in total. The Bertz CT molecular complexity index is 687. The fourth-order valence-corrected chi connectivity index (χ4v) is 3.13. The van der Waals surface area contributed by atoms with Gasteiger partial charge >= 0.3 is 0 Å². The van der Waals surface area contributed by atoms with Gasteiger partial charge in [0, 0.05) is 20.1 Å². The smallest absolute Gasteiger partial charge is 0.191 e. The number of nitrogens with one attached hydrogen (secondary N) is 2. The quantitative estimate of drug-likeness (QED) is 0.434. The molecule has 0 aliphatic heterocycles. The third-order valence-corrected chi connectivity index (χ3v) is 4.56. The Kier molecular flexibility index (Phi) is 7.87. The molecule has 1 aromatic heterocycles. The van der Waals surface area contributed by atoms with Gasteiger partial charge in [-0.3, -0.25) is 4.99 Å². The maximum Gasteiger partial charge on any atom is 0.191 e. The topological polar surface area (TPSA) is 45.6 Å². The zero-order valence-corrected chi connectivity index (χ0v) is 15.6. The van der Waals surface area contributed by atoms with Crippen molar-refractivity contribution in [1.82, 2.24) is 10.6 Å². The van der Waals surface area contributed by atoms with E-state index in [9.17, 15) is 0 Å². The van der Waals surface area contributed by atoms with E-state index in [0.29, 0.717) is 12.5 Å². The lowest BCUT2D eigenvalue weighted by Gasteiger charge is -2.15. The van der Waals surface area contributed by atoms with Crippen molar-refractivity contribution in [1.29, 1.82) is 0 Å². The molecule has 0 saturated carbocycles. The first-order valence-corrected chi connectivity index (χ1v) is 9.29. The van der Waals surface area contributed by atoms with Gasteiger partial charge in [0.1, 0.15) is 12.4 Å². The summed E-state index contributed by atoms with van der Waals surface area (Å²) in [4.78, 5) is 4.28. The maximum atomic E-state index is 5.38. The average Bonchev–Trinajstić information content (AvgIpc) is 3.18. The van der Waals surface area contributed by atoms with Gasteiger partial charge in [-0.15, -0.1) is 6.42 Å². The molecule has 0 saturated heterocycles. The van der Waals surface area contributed by atoms with Gasteiger partial charge < -0.3 is 15.4 Å². The zero-order valence-electron chi connectivity index (χ0n) is 14.8. The number of hydrogen-bond donors (Lipinski definition) is 2. The van der Waals surface area contributed by atoms with E-state index in [4.69, 9.17) is 11.2 Å². The van der Waals surface area contributed by atoms with Crippen LogP contribution >= 0.6 is 11.3 Å². The summed E-state index contributed by atoms with van der Waals surface area (Å²) in [6.07, 6.45) is 6.10. The molecule has 0 bridgehead atoms. The Labute approximate surface area is 154 Å². The second-order valence-electron chi connectivity index (χ2n) is 5.72. The summed E-state index contributed by atoms with van der Waals surface area (Å²) in [6, 6.07) is 10.2. The monoisotopic (exact) mass is 355 g/mol. The second kappa shape index (κ2) is 10.4. The van der Waals surface area contributed by atoms with E-state index in [1.165, 1.54) is 11.1 Å². The van der Waals surface area contributed by atoms with Crippen LogP contribution in [0.2, 0.25) is 0 Å². The predicted octanol–water partition coefficient (Wildman–Crippen LogP) is 3.27. The van der Waals surface area contributed by atoms with Crippen LogP contribution in [0.4, 0.5) is 0 Å². The molecule has 25 heavy (non-hydrogen) atoms. The fourth-order valence-electron chi connectivity index (χ4n) is 2.35. The van der Waals surface area contributed by atoms with Crippen LogP contribution < -0.4 is 15.4 Å². The van der Waals surface area contributed by atoms with E-state index in [0.717, 1.165) is 31.2 Å². The largest absolute Gasteiger partial charge is 0.481 e. The Morgan fingerprint density at radius 3 is 2.72 bits per heavy atom. The molecule has 0 fully saturated rings. The molecular weight excluding hydrogens is 330 g/mol. The number of terminal acetylenes is 1. The molecule has 5 heteroatoms. The van der Waals surface area contributed by atoms with E-state index in [2.05, 4.69) is 57.4 Å². The lowest BCUT2D eigenvalue weighted by molar-refractivity contribution is 0.370. The van der Waals surface area contributed by atoms with Crippen LogP contribution in [0.15, 0.2) is 46.1 Å². The molecular formula is C20H25N3OS. The molecule has 0 aliphatic carbocycles. The second-order valence-corrected chi connectivity index (χ2v) is 6.50. The number of rotatable bonds is 8. The summed E-state index contributed by atoms with van der Waals surface area (Å²) in [5.41, 5.74) is 2.60. The summed E-state index contributed by atoms with van der Waals surface area (Å²) >= 11 is 1.73. The molecule has 1 atom stereocenters. The molecule has 1 aromatic carbocycles. The molecule has 2 N–H and O–H groups in total. The first-order valence-electron chi connectivity index (χ1n) is 8.34. The first kappa shape index (κ1) is 18.9. The molecule has 0 amide bonds. The van der Waals surface area contributed by atoms with Gasteiger partial charge in [-0.2, -0.15) is 11.3 Å². The number of nitrogens with zero attached hydrogens (tertiary/aromatic N) is 1.